The maximum atomic E-state index is 12.0. The van der Waals surface area contributed by atoms with Gasteiger partial charge in [-0.25, -0.2) is 4.79 Å². The number of halogens is 3. The first-order valence-electron chi connectivity index (χ1n) is 7.47. The molecule has 2 aliphatic rings. The van der Waals surface area contributed by atoms with Crippen LogP contribution in [0.4, 0.5) is 18.0 Å². The van der Waals surface area contributed by atoms with E-state index < -0.39 is 25.2 Å². The Morgan fingerprint density at radius 3 is 2.71 bits per heavy atom. The van der Waals surface area contributed by atoms with Gasteiger partial charge in [0, 0.05) is 5.92 Å². The van der Waals surface area contributed by atoms with Crippen molar-refractivity contribution in [3.8, 4) is 0 Å². The Labute approximate surface area is 134 Å². The van der Waals surface area contributed by atoms with Gasteiger partial charge in [0.05, 0.1) is 19.3 Å². The SMILES string of the molecule is O=C(O)N[C@@H]1CC[C@@H](c2nnc(C3CC3COC(F)(F)F)o2)OC1. The van der Waals surface area contributed by atoms with E-state index in [-0.39, 0.29) is 36.3 Å². The van der Waals surface area contributed by atoms with Crippen molar-refractivity contribution in [1.29, 1.82) is 0 Å². The summed E-state index contributed by atoms with van der Waals surface area (Å²) in [7, 11) is 0. The Morgan fingerprint density at radius 1 is 1.33 bits per heavy atom. The number of hydrogen-bond donors (Lipinski definition) is 2. The van der Waals surface area contributed by atoms with Crippen LogP contribution in [0.1, 0.15) is 43.1 Å². The first kappa shape index (κ1) is 17.0. The lowest BCUT2D eigenvalue weighted by molar-refractivity contribution is -0.326. The predicted molar refractivity (Wildman–Crippen MR) is 70.0 cm³/mol. The number of aromatic nitrogens is 2. The first-order valence-corrected chi connectivity index (χ1v) is 7.47. The average molecular weight is 351 g/mol. The van der Waals surface area contributed by atoms with Crippen molar-refractivity contribution in [2.75, 3.05) is 13.2 Å². The quantitative estimate of drug-likeness (QED) is 0.837. The van der Waals surface area contributed by atoms with Crippen LogP contribution in [0.15, 0.2) is 4.42 Å². The third-order valence-corrected chi connectivity index (χ3v) is 4.04. The Hall–Kier alpha value is -1.88. The third kappa shape index (κ3) is 4.35. The van der Waals surface area contributed by atoms with Crippen LogP contribution in [0.3, 0.4) is 0 Å². The first-order chi connectivity index (χ1) is 11.3. The number of carbonyl (C=O) groups is 1. The fourth-order valence-corrected chi connectivity index (χ4v) is 2.70. The molecule has 1 aliphatic carbocycles. The van der Waals surface area contributed by atoms with Crippen LogP contribution >= 0.6 is 0 Å². The molecule has 1 saturated heterocycles. The van der Waals surface area contributed by atoms with E-state index in [0.717, 1.165) is 0 Å². The van der Waals surface area contributed by atoms with Crippen LogP contribution in [-0.4, -0.2) is 47.0 Å². The second-order valence-electron chi connectivity index (χ2n) is 5.88. The lowest BCUT2D eigenvalue weighted by atomic mass is 10.1. The molecular formula is C13H16F3N3O5. The molecule has 11 heteroatoms. The van der Waals surface area contributed by atoms with E-state index >= 15 is 0 Å². The molecule has 4 atom stereocenters. The lowest BCUT2D eigenvalue weighted by Crippen LogP contribution is -2.40. The number of nitrogens with one attached hydrogen (secondary N) is 1. The minimum absolute atomic E-state index is 0.195. The summed E-state index contributed by atoms with van der Waals surface area (Å²) in [5, 5.41) is 18.8. The van der Waals surface area contributed by atoms with Gasteiger partial charge in [0.15, 0.2) is 0 Å². The fourth-order valence-electron chi connectivity index (χ4n) is 2.70. The van der Waals surface area contributed by atoms with Gasteiger partial charge in [-0.2, -0.15) is 0 Å². The summed E-state index contributed by atoms with van der Waals surface area (Å²) in [6.07, 6.45) is -4.58. The van der Waals surface area contributed by atoms with Gasteiger partial charge >= 0.3 is 12.5 Å². The monoisotopic (exact) mass is 351 g/mol. The number of rotatable bonds is 5. The van der Waals surface area contributed by atoms with Crippen molar-refractivity contribution in [2.45, 2.75) is 43.7 Å². The molecule has 3 rings (SSSR count). The van der Waals surface area contributed by atoms with E-state index in [9.17, 15) is 18.0 Å². The molecule has 134 valence electrons. The molecule has 1 saturated carbocycles. The normalized spacial score (nSPS) is 30.1. The molecule has 0 spiro atoms. The molecule has 0 bridgehead atoms. The summed E-state index contributed by atoms with van der Waals surface area (Å²) >= 11 is 0. The minimum atomic E-state index is -4.64. The molecule has 1 aliphatic heterocycles. The van der Waals surface area contributed by atoms with Crippen LogP contribution in [0.5, 0.6) is 0 Å². The molecule has 2 N–H and O–H groups in total. The highest BCUT2D eigenvalue weighted by Gasteiger charge is 2.45. The van der Waals surface area contributed by atoms with E-state index in [1.807, 2.05) is 0 Å². The predicted octanol–water partition coefficient (Wildman–Crippen LogP) is 2.20. The van der Waals surface area contributed by atoms with E-state index in [0.29, 0.717) is 19.3 Å². The summed E-state index contributed by atoms with van der Waals surface area (Å²) in [4.78, 5) is 10.6. The summed E-state index contributed by atoms with van der Waals surface area (Å²) in [6, 6.07) is -0.284. The van der Waals surface area contributed by atoms with E-state index in [1.54, 1.807) is 0 Å². The minimum Gasteiger partial charge on any atom is -0.465 e. The second-order valence-corrected chi connectivity index (χ2v) is 5.88. The molecular weight excluding hydrogens is 335 g/mol. The highest BCUT2D eigenvalue weighted by atomic mass is 19.4. The van der Waals surface area contributed by atoms with Crippen LogP contribution in [-0.2, 0) is 9.47 Å². The van der Waals surface area contributed by atoms with Gasteiger partial charge in [0.1, 0.15) is 6.10 Å². The maximum Gasteiger partial charge on any atom is 0.522 e. The van der Waals surface area contributed by atoms with Gasteiger partial charge in [0.2, 0.25) is 11.8 Å². The smallest absolute Gasteiger partial charge is 0.465 e. The van der Waals surface area contributed by atoms with Gasteiger partial charge in [-0.05, 0) is 25.2 Å². The Kier molecular flexibility index (Phi) is 4.63. The summed E-state index contributed by atoms with van der Waals surface area (Å²) in [5.41, 5.74) is 0. The average Bonchev–Trinajstić information content (AvgIpc) is 3.11. The molecule has 1 amide bonds. The maximum absolute atomic E-state index is 12.0. The lowest BCUT2D eigenvalue weighted by Gasteiger charge is -2.26. The topological polar surface area (TPSA) is 107 Å². The fraction of sp³-hybridized carbons (Fsp3) is 0.769. The molecule has 2 unspecified atom stereocenters. The van der Waals surface area contributed by atoms with Crippen molar-refractivity contribution in [2.24, 2.45) is 5.92 Å². The van der Waals surface area contributed by atoms with Crippen molar-refractivity contribution in [1.82, 2.24) is 15.5 Å². The molecule has 1 aromatic rings. The number of ether oxygens (including phenoxy) is 2. The molecule has 0 aromatic carbocycles. The van der Waals surface area contributed by atoms with Crippen LogP contribution < -0.4 is 5.32 Å². The van der Waals surface area contributed by atoms with E-state index in [2.05, 4.69) is 20.3 Å². The number of alkyl halides is 3. The standard InChI is InChI=1S/C13H16F3N3O5/c14-13(15,16)23-4-6-3-8(6)10-18-19-11(24-10)9-2-1-7(5-22-9)17-12(20)21/h6-9,17H,1-5H2,(H,20,21)/t6?,7-,8?,9+/m1/s1. The molecule has 2 fully saturated rings. The summed E-state index contributed by atoms with van der Waals surface area (Å²) in [6.45, 7) is -0.228. The Bertz CT molecular complexity index is 586. The number of carboxylic acid groups (broad SMARTS) is 1. The molecule has 2 heterocycles. The largest absolute Gasteiger partial charge is 0.522 e. The van der Waals surface area contributed by atoms with Crippen molar-refractivity contribution in [3.05, 3.63) is 11.8 Å². The summed E-state index contributed by atoms with van der Waals surface area (Å²) in [5.74, 6) is 0.0475. The van der Waals surface area contributed by atoms with Gasteiger partial charge in [-0.3, -0.25) is 4.74 Å². The molecule has 0 radical (unpaired) electrons. The van der Waals surface area contributed by atoms with Crippen molar-refractivity contribution < 1.29 is 37.0 Å². The number of nitrogens with zero attached hydrogens (tertiary/aromatic N) is 2. The Morgan fingerprint density at radius 2 is 2.08 bits per heavy atom. The zero-order chi connectivity index (χ0) is 17.3. The van der Waals surface area contributed by atoms with Gasteiger partial charge in [-0.15, -0.1) is 23.4 Å². The highest BCUT2D eigenvalue weighted by molar-refractivity contribution is 5.64. The zero-order valence-electron chi connectivity index (χ0n) is 12.5. The van der Waals surface area contributed by atoms with E-state index in [4.69, 9.17) is 14.3 Å². The van der Waals surface area contributed by atoms with Crippen LogP contribution in [0.2, 0.25) is 0 Å². The van der Waals surface area contributed by atoms with Gasteiger partial charge in [-0.1, -0.05) is 0 Å². The van der Waals surface area contributed by atoms with Crippen LogP contribution in [0, 0.1) is 5.92 Å². The second kappa shape index (κ2) is 6.55. The summed E-state index contributed by atoms with van der Waals surface area (Å²) < 4.78 is 50.8. The third-order valence-electron chi connectivity index (χ3n) is 4.04. The number of hydrogen-bond acceptors (Lipinski definition) is 6. The van der Waals surface area contributed by atoms with Crippen molar-refractivity contribution in [3.63, 3.8) is 0 Å². The molecule has 8 nitrogen and oxygen atoms in total. The Balaban J connectivity index is 1.48. The molecule has 24 heavy (non-hydrogen) atoms. The van der Waals surface area contributed by atoms with Crippen molar-refractivity contribution >= 4 is 6.09 Å². The van der Waals surface area contributed by atoms with E-state index in [1.165, 1.54) is 0 Å². The van der Waals surface area contributed by atoms with Gasteiger partial charge in [0.25, 0.3) is 0 Å². The van der Waals surface area contributed by atoms with Crippen LogP contribution in [0.25, 0.3) is 0 Å². The zero-order valence-corrected chi connectivity index (χ0v) is 12.5. The number of amides is 1. The van der Waals surface area contributed by atoms with Gasteiger partial charge < -0.3 is 19.6 Å². The molecule has 1 aromatic heterocycles. The highest BCUT2D eigenvalue weighted by Crippen LogP contribution is 2.48.